The largest absolute Gasteiger partial charge is 0.378 e. The molecule has 2 aromatic carbocycles. The van der Waals surface area contributed by atoms with Gasteiger partial charge in [0.15, 0.2) is 11.6 Å². The Morgan fingerprint density at radius 3 is 2.13 bits per heavy atom. The number of nitrogens with zero attached hydrogens (tertiary/aromatic N) is 2. The van der Waals surface area contributed by atoms with Gasteiger partial charge >= 0.3 is 0 Å². The number of benzene rings is 2. The van der Waals surface area contributed by atoms with E-state index in [4.69, 9.17) is 0 Å². The lowest BCUT2D eigenvalue weighted by molar-refractivity contribution is 0.509. The van der Waals surface area contributed by atoms with Gasteiger partial charge in [-0.3, -0.25) is 0 Å². The minimum Gasteiger partial charge on any atom is -0.378 e. The first-order valence-corrected chi connectivity index (χ1v) is 7.39. The molecule has 3 aromatic rings. The quantitative estimate of drug-likeness (QED) is 0.674. The van der Waals surface area contributed by atoms with Gasteiger partial charge in [-0.15, -0.1) is 0 Å². The Bertz CT molecular complexity index is 833. The first-order chi connectivity index (χ1) is 11.0. The van der Waals surface area contributed by atoms with Gasteiger partial charge in [0.1, 0.15) is 0 Å². The van der Waals surface area contributed by atoms with E-state index in [1.54, 1.807) is 6.07 Å². The topological polar surface area (TPSA) is 8.17 Å². The van der Waals surface area contributed by atoms with Crippen LogP contribution < -0.4 is 4.90 Å². The van der Waals surface area contributed by atoms with Gasteiger partial charge in [-0.1, -0.05) is 0 Å². The van der Waals surface area contributed by atoms with Crippen LogP contribution >= 0.6 is 0 Å². The molecule has 0 unspecified atom stereocenters. The third-order valence-electron chi connectivity index (χ3n) is 3.92. The Balaban J connectivity index is 2.09. The van der Waals surface area contributed by atoms with Crippen molar-refractivity contribution in [3.63, 3.8) is 0 Å². The van der Waals surface area contributed by atoms with Crippen molar-refractivity contribution in [2.45, 2.75) is 6.92 Å². The summed E-state index contributed by atoms with van der Waals surface area (Å²) in [6.07, 6.45) is 0. The van der Waals surface area contributed by atoms with Crippen LogP contribution in [0.4, 0.5) is 14.5 Å². The zero-order chi connectivity index (χ0) is 16.6. The Morgan fingerprint density at radius 1 is 0.826 bits per heavy atom. The van der Waals surface area contributed by atoms with E-state index < -0.39 is 11.6 Å². The van der Waals surface area contributed by atoms with E-state index in [9.17, 15) is 8.78 Å². The second kappa shape index (κ2) is 5.88. The predicted molar refractivity (Wildman–Crippen MR) is 90.2 cm³/mol. The molecule has 0 aliphatic heterocycles. The summed E-state index contributed by atoms with van der Waals surface area (Å²) >= 11 is 0. The second-order valence-electron chi connectivity index (χ2n) is 5.74. The first kappa shape index (κ1) is 15.3. The fraction of sp³-hybridized carbons (Fsp3) is 0.158. The van der Waals surface area contributed by atoms with E-state index in [1.807, 2.05) is 66.9 Å². The Hall–Kier alpha value is -2.62. The third-order valence-corrected chi connectivity index (χ3v) is 3.92. The molecule has 0 fully saturated rings. The van der Waals surface area contributed by atoms with Gasteiger partial charge in [-0.2, -0.15) is 0 Å². The Kier molecular flexibility index (Phi) is 3.90. The van der Waals surface area contributed by atoms with Crippen molar-refractivity contribution in [1.82, 2.24) is 4.57 Å². The summed E-state index contributed by atoms with van der Waals surface area (Å²) in [5.74, 6) is -1.67. The summed E-state index contributed by atoms with van der Waals surface area (Å²) in [7, 11) is 3.98. The lowest BCUT2D eigenvalue weighted by Crippen LogP contribution is -2.08. The molecule has 0 spiro atoms. The molecule has 0 saturated heterocycles. The van der Waals surface area contributed by atoms with E-state index in [1.165, 1.54) is 6.07 Å². The monoisotopic (exact) mass is 312 g/mol. The van der Waals surface area contributed by atoms with Crippen LogP contribution in [0.2, 0.25) is 0 Å². The van der Waals surface area contributed by atoms with Crippen LogP contribution in [0.15, 0.2) is 54.6 Å². The van der Waals surface area contributed by atoms with Gasteiger partial charge < -0.3 is 9.47 Å². The molecule has 4 heteroatoms. The average molecular weight is 312 g/mol. The van der Waals surface area contributed by atoms with Gasteiger partial charge in [0.25, 0.3) is 0 Å². The molecule has 118 valence electrons. The summed E-state index contributed by atoms with van der Waals surface area (Å²) < 4.78 is 28.8. The molecular formula is C19H18F2N2. The van der Waals surface area contributed by atoms with E-state index in [0.717, 1.165) is 28.8 Å². The third kappa shape index (κ3) is 2.84. The van der Waals surface area contributed by atoms with Gasteiger partial charge in [-0.25, -0.2) is 8.78 Å². The van der Waals surface area contributed by atoms with E-state index in [0.29, 0.717) is 5.56 Å². The van der Waals surface area contributed by atoms with Crippen LogP contribution in [0.3, 0.4) is 0 Å². The standard InChI is InChI=1S/C19H18F2N2/c1-13-4-11-19(14-5-10-17(20)18(21)12-14)23(13)16-8-6-15(7-9-16)22(2)3/h4-12H,1-3H3. The smallest absolute Gasteiger partial charge is 0.159 e. The highest BCUT2D eigenvalue weighted by Crippen LogP contribution is 2.28. The Morgan fingerprint density at radius 2 is 1.52 bits per heavy atom. The van der Waals surface area contributed by atoms with E-state index in [-0.39, 0.29) is 0 Å². The van der Waals surface area contributed by atoms with Crippen LogP contribution in [-0.2, 0) is 0 Å². The van der Waals surface area contributed by atoms with Crippen LogP contribution in [0.1, 0.15) is 5.69 Å². The zero-order valence-electron chi connectivity index (χ0n) is 13.3. The maximum atomic E-state index is 13.6. The van der Waals surface area contributed by atoms with Crippen LogP contribution in [0.25, 0.3) is 16.9 Å². The van der Waals surface area contributed by atoms with Crippen molar-refractivity contribution in [1.29, 1.82) is 0 Å². The van der Waals surface area contributed by atoms with Crippen LogP contribution in [0, 0.1) is 18.6 Å². The minimum atomic E-state index is -0.837. The molecule has 0 aliphatic carbocycles. The number of rotatable bonds is 3. The maximum Gasteiger partial charge on any atom is 0.159 e. The van der Waals surface area contributed by atoms with Crippen molar-refractivity contribution in [3.8, 4) is 16.9 Å². The van der Waals surface area contributed by atoms with E-state index in [2.05, 4.69) is 0 Å². The van der Waals surface area contributed by atoms with Crippen molar-refractivity contribution >= 4 is 5.69 Å². The van der Waals surface area contributed by atoms with E-state index >= 15 is 0 Å². The molecule has 1 aromatic heterocycles. The molecule has 0 N–H and O–H groups in total. The molecule has 1 heterocycles. The second-order valence-corrected chi connectivity index (χ2v) is 5.74. The summed E-state index contributed by atoms with van der Waals surface area (Å²) in [6, 6.07) is 16.0. The minimum absolute atomic E-state index is 0.647. The highest BCUT2D eigenvalue weighted by molar-refractivity contribution is 5.65. The normalized spacial score (nSPS) is 10.8. The number of hydrogen-bond acceptors (Lipinski definition) is 1. The summed E-state index contributed by atoms with van der Waals surface area (Å²) in [5.41, 5.74) is 4.60. The number of hydrogen-bond donors (Lipinski definition) is 0. The molecule has 0 amide bonds. The zero-order valence-corrected chi connectivity index (χ0v) is 13.3. The predicted octanol–water partition coefficient (Wildman–Crippen LogP) is 4.80. The highest BCUT2D eigenvalue weighted by atomic mass is 19.2. The van der Waals surface area contributed by atoms with Gasteiger partial charge in [0.05, 0.1) is 5.69 Å². The molecule has 0 aliphatic rings. The molecule has 0 atom stereocenters. The SMILES string of the molecule is Cc1ccc(-c2ccc(F)c(F)c2)n1-c1ccc(N(C)C)cc1. The Labute approximate surface area is 134 Å². The molecule has 0 saturated carbocycles. The summed E-state index contributed by atoms with van der Waals surface area (Å²) in [5, 5.41) is 0. The van der Waals surface area contributed by atoms with Crippen LogP contribution in [-0.4, -0.2) is 18.7 Å². The molecule has 2 nitrogen and oxygen atoms in total. The van der Waals surface area contributed by atoms with Gasteiger partial charge in [0.2, 0.25) is 0 Å². The van der Waals surface area contributed by atoms with Gasteiger partial charge in [0, 0.05) is 36.7 Å². The lowest BCUT2D eigenvalue weighted by atomic mass is 10.1. The molecule has 0 bridgehead atoms. The number of halogens is 2. The molecule has 0 radical (unpaired) electrons. The van der Waals surface area contributed by atoms with Crippen molar-refractivity contribution < 1.29 is 8.78 Å². The van der Waals surface area contributed by atoms with Crippen molar-refractivity contribution in [2.24, 2.45) is 0 Å². The average Bonchev–Trinajstić information content (AvgIpc) is 2.92. The number of aromatic nitrogens is 1. The molecule has 3 rings (SSSR count). The lowest BCUT2D eigenvalue weighted by Gasteiger charge is -2.16. The summed E-state index contributed by atoms with van der Waals surface area (Å²) in [4.78, 5) is 2.03. The maximum absolute atomic E-state index is 13.6. The fourth-order valence-corrected chi connectivity index (χ4v) is 2.66. The van der Waals surface area contributed by atoms with Gasteiger partial charge in [-0.05, 0) is 61.5 Å². The number of anilines is 1. The highest BCUT2D eigenvalue weighted by Gasteiger charge is 2.12. The van der Waals surface area contributed by atoms with Crippen molar-refractivity contribution in [2.75, 3.05) is 19.0 Å². The summed E-state index contributed by atoms with van der Waals surface area (Å²) in [6.45, 7) is 1.99. The molecular weight excluding hydrogens is 294 g/mol. The fourth-order valence-electron chi connectivity index (χ4n) is 2.66. The number of aryl methyl sites for hydroxylation is 1. The molecule has 23 heavy (non-hydrogen) atoms. The first-order valence-electron chi connectivity index (χ1n) is 7.39. The van der Waals surface area contributed by atoms with Crippen LogP contribution in [0.5, 0.6) is 0 Å². The van der Waals surface area contributed by atoms with Crippen molar-refractivity contribution in [3.05, 3.63) is 71.9 Å².